The third-order valence-electron chi connectivity index (χ3n) is 5.45. The second-order valence-electron chi connectivity index (χ2n) is 7.23. The normalized spacial score (nSPS) is 15.4. The summed E-state index contributed by atoms with van der Waals surface area (Å²) < 4.78 is 14.0. The van der Waals surface area contributed by atoms with Crippen LogP contribution in [0, 0.1) is 15.9 Å². The van der Waals surface area contributed by atoms with Crippen molar-refractivity contribution in [2.75, 3.05) is 44.7 Å². The van der Waals surface area contributed by atoms with Gasteiger partial charge in [-0.05, 0) is 26.1 Å². The summed E-state index contributed by atoms with van der Waals surface area (Å²) in [6.45, 7) is 4.10. The predicted molar refractivity (Wildman–Crippen MR) is 109 cm³/mol. The molecule has 0 N–H and O–H groups in total. The Labute approximate surface area is 169 Å². The minimum absolute atomic E-state index is 0.0297. The second kappa shape index (κ2) is 9.00. The first-order chi connectivity index (χ1) is 13.9. The van der Waals surface area contributed by atoms with E-state index in [9.17, 15) is 19.3 Å². The van der Waals surface area contributed by atoms with Gasteiger partial charge in [0.15, 0.2) is 0 Å². The first-order valence-corrected chi connectivity index (χ1v) is 9.59. The number of piperazine rings is 1. The molecule has 1 fully saturated rings. The molecular weight excluding hydrogens is 375 g/mol. The van der Waals surface area contributed by atoms with Gasteiger partial charge in [-0.15, -0.1) is 0 Å². The van der Waals surface area contributed by atoms with Gasteiger partial charge in [-0.1, -0.05) is 30.3 Å². The molecule has 1 saturated heterocycles. The van der Waals surface area contributed by atoms with Gasteiger partial charge < -0.3 is 9.80 Å². The zero-order valence-corrected chi connectivity index (χ0v) is 16.6. The molecule has 7 nitrogen and oxygen atoms in total. The van der Waals surface area contributed by atoms with Crippen LogP contribution in [-0.4, -0.2) is 60.4 Å². The first-order valence-electron chi connectivity index (χ1n) is 9.59. The molecule has 0 bridgehead atoms. The van der Waals surface area contributed by atoms with Gasteiger partial charge in [0, 0.05) is 43.9 Å². The van der Waals surface area contributed by atoms with Gasteiger partial charge in [0.05, 0.1) is 11.5 Å². The minimum atomic E-state index is -0.383. The Bertz CT molecular complexity index is 884. The number of halogens is 1. The molecule has 1 unspecified atom stereocenters. The average molecular weight is 400 g/mol. The van der Waals surface area contributed by atoms with Crippen molar-refractivity contribution in [3.63, 3.8) is 0 Å². The third-order valence-corrected chi connectivity index (χ3v) is 5.45. The summed E-state index contributed by atoms with van der Waals surface area (Å²) in [5.74, 6) is -0.310. The van der Waals surface area contributed by atoms with Crippen molar-refractivity contribution in [2.45, 2.75) is 13.0 Å². The Balaban J connectivity index is 1.58. The van der Waals surface area contributed by atoms with Crippen molar-refractivity contribution in [1.29, 1.82) is 0 Å². The molecule has 29 heavy (non-hydrogen) atoms. The Morgan fingerprint density at radius 1 is 1.14 bits per heavy atom. The summed E-state index contributed by atoms with van der Waals surface area (Å²) in [6.07, 6.45) is 0. The number of para-hydroxylation sites is 2. The van der Waals surface area contributed by atoms with Crippen LogP contribution in [0.3, 0.4) is 0 Å². The SMILES string of the molecule is CC(c1ccccc1F)N(C)CC(=O)N1CCN(c2ccccc2[N+](=O)[O-])CC1. The van der Waals surface area contributed by atoms with Crippen molar-refractivity contribution in [1.82, 2.24) is 9.80 Å². The molecule has 1 heterocycles. The van der Waals surface area contributed by atoms with Crippen molar-refractivity contribution in [3.8, 4) is 0 Å². The third kappa shape index (κ3) is 4.71. The molecule has 1 aliphatic heterocycles. The molecule has 154 valence electrons. The van der Waals surface area contributed by atoms with E-state index in [4.69, 9.17) is 0 Å². The molecular formula is C21H25FN4O3. The summed E-state index contributed by atoms with van der Waals surface area (Å²) in [7, 11) is 1.80. The van der Waals surface area contributed by atoms with E-state index in [1.54, 1.807) is 48.3 Å². The van der Waals surface area contributed by atoms with Gasteiger partial charge in [-0.3, -0.25) is 19.8 Å². The number of nitro benzene ring substituents is 1. The lowest BCUT2D eigenvalue weighted by Gasteiger charge is -2.37. The highest BCUT2D eigenvalue weighted by Gasteiger charge is 2.27. The van der Waals surface area contributed by atoms with E-state index in [0.717, 1.165) is 0 Å². The van der Waals surface area contributed by atoms with E-state index >= 15 is 0 Å². The number of likely N-dealkylation sites (N-methyl/N-ethyl adjacent to an activating group) is 1. The van der Waals surface area contributed by atoms with Crippen molar-refractivity contribution in [3.05, 3.63) is 70.0 Å². The summed E-state index contributed by atoms with van der Waals surface area (Å²) in [5.41, 5.74) is 1.21. The summed E-state index contributed by atoms with van der Waals surface area (Å²) in [6, 6.07) is 13.0. The fraction of sp³-hybridized carbons (Fsp3) is 0.381. The van der Waals surface area contributed by atoms with E-state index in [1.807, 2.05) is 16.7 Å². The maximum Gasteiger partial charge on any atom is 0.292 e. The maximum absolute atomic E-state index is 14.0. The summed E-state index contributed by atoms with van der Waals surface area (Å²) in [4.78, 5) is 29.1. The molecule has 0 saturated carbocycles. The summed E-state index contributed by atoms with van der Waals surface area (Å²) >= 11 is 0. The number of carbonyl (C=O) groups is 1. The fourth-order valence-electron chi connectivity index (χ4n) is 3.58. The summed E-state index contributed by atoms with van der Waals surface area (Å²) in [5, 5.41) is 11.2. The Morgan fingerprint density at radius 2 is 1.76 bits per heavy atom. The predicted octanol–water partition coefficient (Wildman–Crippen LogP) is 3.08. The Morgan fingerprint density at radius 3 is 2.41 bits per heavy atom. The highest BCUT2D eigenvalue weighted by atomic mass is 19.1. The van der Waals surface area contributed by atoms with Crippen LogP contribution in [0.25, 0.3) is 0 Å². The minimum Gasteiger partial charge on any atom is -0.362 e. The van der Waals surface area contributed by atoms with Gasteiger partial charge in [0.1, 0.15) is 11.5 Å². The van der Waals surface area contributed by atoms with Crippen LogP contribution in [0.5, 0.6) is 0 Å². The molecule has 1 amide bonds. The standard InChI is InChI=1S/C21H25FN4O3/c1-16(17-7-3-4-8-18(17)22)23(2)15-21(27)25-13-11-24(12-14-25)19-9-5-6-10-20(19)26(28)29/h3-10,16H,11-15H2,1-2H3. The molecule has 2 aromatic carbocycles. The largest absolute Gasteiger partial charge is 0.362 e. The highest BCUT2D eigenvalue weighted by Crippen LogP contribution is 2.28. The Hall–Kier alpha value is -3.00. The quantitative estimate of drug-likeness (QED) is 0.551. The van der Waals surface area contributed by atoms with Gasteiger partial charge in [-0.2, -0.15) is 0 Å². The number of nitrogens with zero attached hydrogens (tertiary/aromatic N) is 4. The lowest BCUT2D eigenvalue weighted by molar-refractivity contribution is -0.384. The molecule has 0 aliphatic carbocycles. The zero-order chi connectivity index (χ0) is 21.0. The van der Waals surface area contributed by atoms with Crippen LogP contribution >= 0.6 is 0 Å². The molecule has 0 radical (unpaired) electrons. The molecule has 1 atom stereocenters. The molecule has 8 heteroatoms. The van der Waals surface area contributed by atoms with Crippen LogP contribution in [0.15, 0.2) is 48.5 Å². The van der Waals surface area contributed by atoms with E-state index < -0.39 is 0 Å². The van der Waals surface area contributed by atoms with Crippen molar-refractivity contribution in [2.24, 2.45) is 0 Å². The first kappa shape index (κ1) is 20.7. The number of rotatable bonds is 6. The van der Waals surface area contributed by atoms with Crippen LogP contribution in [-0.2, 0) is 4.79 Å². The number of nitro groups is 1. The van der Waals surface area contributed by atoms with Crippen molar-refractivity contribution < 1.29 is 14.1 Å². The number of anilines is 1. The van der Waals surface area contributed by atoms with E-state index in [-0.39, 0.29) is 34.9 Å². The zero-order valence-electron chi connectivity index (χ0n) is 16.6. The molecule has 2 aromatic rings. The number of carbonyl (C=O) groups excluding carboxylic acids is 1. The van der Waals surface area contributed by atoms with Gasteiger partial charge in [-0.25, -0.2) is 4.39 Å². The van der Waals surface area contributed by atoms with E-state index in [0.29, 0.717) is 37.4 Å². The molecule has 0 aromatic heterocycles. The van der Waals surface area contributed by atoms with Crippen LogP contribution < -0.4 is 4.90 Å². The van der Waals surface area contributed by atoms with E-state index in [1.165, 1.54) is 12.1 Å². The molecule has 0 spiro atoms. The van der Waals surface area contributed by atoms with Crippen LogP contribution in [0.4, 0.5) is 15.8 Å². The smallest absolute Gasteiger partial charge is 0.292 e. The fourth-order valence-corrected chi connectivity index (χ4v) is 3.58. The molecule has 3 rings (SSSR count). The highest BCUT2D eigenvalue weighted by molar-refractivity contribution is 5.78. The Kier molecular flexibility index (Phi) is 6.43. The van der Waals surface area contributed by atoms with Crippen LogP contribution in [0.2, 0.25) is 0 Å². The van der Waals surface area contributed by atoms with Crippen molar-refractivity contribution >= 4 is 17.3 Å². The van der Waals surface area contributed by atoms with Gasteiger partial charge >= 0.3 is 0 Å². The van der Waals surface area contributed by atoms with Gasteiger partial charge in [0.25, 0.3) is 5.69 Å². The van der Waals surface area contributed by atoms with Gasteiger partial charge in [0.2, 0.25) is 5.91 Å². The molecule has 1 aliphatic rings. The maximum atomic E-state index is 14.0. The van der Waals surface area contributed by atoms with Crippen LogP contribution in [0.1, 0.15) is 18.5 Å². The van der Waals surface area contributed by atoms with E-state index in [2.05, 4.69) is 0 Å². The number of amides is 1. The topological polar surface area (TPSA) is 69.9 Å². The second-order valence-corrected chi connectivity index (χ2v) is 7.23. The lowest BCUT2D eigenvalue weighted by Crippen LogP contribution is -2.51. The number of hydrogen-bond donors (Lipinski definition) is 0. The average Bonchev–Trinajstić information content (AvgIpc) is 2.73. The number of benzene rings is 2. The number of hydrogen-bond acceptors (Lipinski definition) is 5. The monoisotopic (exact) mass is 400 g/mol. The lowest BCUT2D eigenvalue weighted by atomic mass is 10.1.